The minimum absolute atomic E-state index is 0.0176. The lowest BCUT2D eigenvalue weighted by molar-refractivity contribution is -0.135. The van der Waals surface area contributed by atoms with Crippen LogP contribution in [0.1, 0.15) is 78.6 Å². The summed E-state index contributed by atoms with van der Waals surface area (Å²) >= 11 is 0. The molecule has 0 aromatic heterocycles. The third-order valence-corrected chi connectivity index (χ3v) is 5.33. The van der Waals surface area contributed by atoms with E-state index < -0.39 is 0 Å². The van der Waals surface area contributed by atoms with Gasteiger partial charge in [-0.1, -0.05) is 38.5 Å². The van der Waals surface area contributed by atoms with Gasteiger partial charge in [0.25, 0.3) is 0 Å². The minimum Gasteiger partial charge on any atom is -0.369 e. The van der Waals surface area contributed by atoms with E-state index in [0.717, 1.165) is 25.2 Å². The number of nitrogens with one attached hydrogen (secondary N) is 1. The van der Waals surface area contributed by atoms with Gasteiger partial charge in [-0.25, -0.2) is 0 Å². The van der Waals surface area contributed by atoms with Crippen LogP contribution in [0.3, 0.4) is 0 Å². The van der Waals surface area contributed by atoms with E-state index in [1.807, 2.05) is 20.8 Å². The van der Waals surface area contributed by atoms with Crippen molar-refractivity contribution >= 4 is 11.8 Å². The van der Waals surface area contributed by atoms with E-state index in [0.29, 0.717) is 5.92 Å². The molecule has 2 fully saturated rings. The Bertz CT molecular complexity index is 418. The molecule has 132 valence electrons. The summed E-state index contributed by atoms with van der Waals surface area (Å²) in [5.41, 5.74) is 5.43. The first-order valence-electron chi connectivity index (χ1n) is 9.37. The predicted octanol–water partition coefficient (Wildman–Crippen LogP) is 3.39. The Labute approximate surface area is 141 Å². The summed E-state index contributed by atoms with van der Waals surface area (Å²) in [7, 11) is 0. The molecule has 0 heterocycles. The standard InChI is InChI=1S/C19H34N2O2/c1-19(2,3)21-18(23)16(12-14-6-4-5-7-14)15(17(20)22)11-10-13-8-9-13/h13-16H,4-12H2,1-3H3,(H2,20,22)(H,21,23)/t15-,16+/m0/s1. The van der Waals surface area contributed by atoms with Gasteiger partial charge in [0.15, 0.2) is 0 Å². The van der Waals surface area contributed by atoms with Crippen molar-refractivity contribution < 1.29 is 9.59 Å². The van der Waals surface area contributed by atoms with E-state index in [9.17, 15) is 9.59 Å². The highest BCUT2D eigenvalue weighted by molar-refractivity contribution is 5.87. The van der Waals surface area contributed by atoms with Crippen LogP contribution < -0.4 is 11.1 Å². The minimum atomic E-state index is -0.307. The topological polar surface area (TPSA) is 72.2 Å². The first-order valence-corrected chi connectivity index (χ1v) is 9.37. The van der Waals surface area contributed by atoms with Gasteiger partial charge in [0.05, 0.1) is 0 Å². The lowest BCUT2D eigenvalue weighted by Crippen LogP contribution is -2.48. The molecule has 23 heavy (non-hydrogen) atoms. The third kappa shape index (κ3) is 6.15. The highest BCUT2D eigenvalue weighted by atomic mass is 16.2. The Morgan fingerprint density at radius 3 is 2.13 bits per heavy atom. The second-order valence-electron chi connectivity index (χ2n) is 8.76. The van der Waals surface area contributed by atoms with Gasteiger partial charge in [-0.05, 0) is 51.9 Å². The predicted molar refractivity (Wildman–Crippen MR) is 92.6 cm³/mol. The number of rotatable bonds is 8. The van der Waals surface area contributed by atoms with Crippen LogP contribution >= 0.6 is 0 Å². The molecule has 0 unspecified atom stereocenters. The maximum atomic E-state index is 12.8. The van der Waals surface area contributed by atoms with Crippen LogP contribution in [0.2, 0.25) is 0 Å². The molecule has 0 aromatic rings. The summed E-state index contributed by atoms with van der Waals surface area (Å²) in [6, 6.07) is 0. The smallest absolute Gasteiger partial charge is 0.224 e. The molecule has 2 rings (SSSR count). The molecule has 4 heteroatoms. The Morgan fingerprint density at radius 2 is 1.65 bits per heavy atom. The molecule has 2 saturated carbocycles. The van der Waals surface area contributed by atoms with E-state index >= 15 is 0 Å². The van der Waals surface area contributed by atoms with Gasteiger partial charge in [0.1, 0.15) is 0 Å². The Balaban J connectivity index is 2.06. The molecule has 2 aliphatic carbocycles. The first-order chi connectivity index (χ1) is 10.8. The molecule has 0 radical (unpaired) electrons. The Morgan fingerprint density at radius 1 is 1.04 bits per heavy atom. The van der Waals surface area contributed by atoms with Crippen LogP contribution in [0.15, 0.2) is 0 Å². The van der Waals surface area contributed by atoms with Crippen LogP contribution in [0.4, 0.5) is 0 Å². The second-order valence-corrected chi connectivity index (χ2v) is 8.76. The number of carbonyl (C=O) groups excluding carboxylic acids is 2. The van der Waals surface area contributed by atoms with Crippen molar-refractivity contribution in [1.82, 2.24) is 5.32 Å². The molecule has 2 aliphatic rings. The molecule has 0 aliphatic heterocycles. The van der Waals surface area contributed by atoms with Crippen molar-refractivity contribution in [2.24, 2.45) is 29.4 Å². The summed E-state index contributed by atoms with van der Waals surface area (Å²) in [6.45, 7) is 5.96. The maximum absolute atomic E-state index is 12.8. The zero-order valence-electron chi connectivity index (χ0n) is 15.1. The lowest BCUT2D eigenvalue weighted by atomic mass is 9.79. The van der Waals surface area contributed by atoms with Crippen molar-refractivity contribution in [3.8, 4) is 0 Å². The number of amides is 2. The molecule has 4 nitrogen and oxygen atoms in total. The largest absolute Gasteiger partial charge is 0.369 e. The summed E-state index contributed by atoms with van der Waals surface area (Å²) in [5.74, 6) is 0.497. The Kier molecular flexibility index (Phi) is 6.10. The average Bonchev–Trinajstić information content (AvgIpc) is 3.10. The van der Waals surface area contributed by atoms with Crippen molar-refractivity contribution in [2.45, 2.75) is 84.1 Å². The highest BCUT2D eigenvalue weighted by Crippen LogP contribution is 2.38. The van der Waals surface area contributed by atoms with Gasteiger partial charge in [-0.2, -0.15) is 0 Å². The normalized spacial score (nSPS) is 21.9. The molecule has 0 saturated heterocycles. The fourth-order valence-electron chi connectivity index (χ4n) is 3.89. The monoisotopic (exact) mass is 322 g/mol. The number of carbonyl (C=O) groups is 2. The van der Waals surface area contributed by atoms with E-state index in [2.05, 4.69) is 5.32 Å². The van der Waals surface area contributed by atoms with Crippen LogP contribution in [-0.2, 0) is 9.59 Å². The van der Waals surface area contributed by atoms with Gasteiger partial charge in [-0.15, -0.1) is 0 Å². The van der Waals surface area contributed by atoms with Gasteiger partial charge in [0, 0.05) is 17.4 Å². The summed E-state index contributed by atoms with van der Waals surface area (Å²) < 4.78 is 0. The van der Waals surface area contributed by atoms with Crippen LogP contribution in [-0.4, -0.2) is 17.4 Å². The molecule has 0 aromatic carbocycles. The van der Waals surface area contributed by atoms with Gasteiger partial charge >= 0.3 is 0 Å². The fraction of sp³-hybridized carbons (Fsp3) is 0.895. The van der Waals surface area contributed by atoms with Crippen LogP contribution in [0, 0.1) is 23.7 Å². The third-order valence-electron chi connectivity index (χ3n) is 5.33. The zero-order chi connectivity index (χ0) is 17.0. The fourth-order valence-corrected chi connectivity index (χ4v) is 3.89. The van der Waals surface area contributed by atoms with Gasteiger partial charge in [0.2, 0.25) is 11.8 Å². The highest BCUT2D eigenvalue weighted by Gasteiger charge is 2.37. The molecular formula is C19H34N2O2. The molecule has 2 atom stereocenters. The second kappa shape index (κ2) is 7.67. The summed E-state index contributed by atoms with van der Waals surface area (Å²) in [5, 5.41) is 3.09. The van der Waals surface area contributed by atoms with E-state index in [-0.39, 0.29) is 29.2 Å². The zero-order valence-corrected chi connectivity index (χ0v) is 15.1. The first kappa shape index (κ1) is 18.3. The van der Waals surface area contributed by atoms with E-state index in [1.165, 1.54) is 38.5 Å². The van der Waals surface area contributed by atoms with Crippen LogP contribution in [0.25, 0.3) is 0 Å². The maximum Gasteiger partial charge on any atom is 0.224 e. The number of hydrogen-bond donors (Lipinski definition) is 2. The summed E-state index contributed by atoms with van der Waals surface area (Å²) in [6.07, 6.45) is 10.1. The van der Waals surface area contributed by atoms with Crippen LogP contribution in [0.5, 0.6) is 0 Å². The van der Waals surface area contributed by atoms with Gasteiger partial charge in [-0.3, -0.25) is 9.59 Å². The van der Waals surface area contributed by atoms with E-state index in [1.54, 1.807) is 0 Å². The number of hydrogen-bond acceptors (Lipinski definition) is 2. The SMILES string of the molecule is CC(C)(C)NC(=O)[C@H](CC1CCCC1)[C@H](CCC1CC1)C(N)=O. The van der Waals surface area contributed by atoms with Crippen molar-refractivity contribution in [1.29, 1.82) is 0 Å². The quantitative estimate of drug-likeness (QED) is 0.719. The number of primary amides is 1. The number of nitrogens with two attached hydrogens (primary N) is 1. The van der Waals surface area contributed by atoms with Crippen molar-refractivity contribution in [2.75, 3.05) is 0 Å². The average molecular weight is 322 g/mol. The van der Waals surface area contributed by atoms with E-state index in [4.69, 9.17) is 5.73 Å². The Hall–Kier alpha value is -1.06. The molecule has 0 bridgehead atoms. The lowest BCUT2D eigenvalue weighted by Gasteiger charge is -2.30. The van der Waals surface area contributed by atoms with Gasteiger partial charge < -0.3 is 11.1 Å². The molecule has 0 spiro atoms. The molecule has 3 N–H and O–H groups in total. The molecule has 2 amide bonds. The van der Waals surface area contributed by atoms with Crippen molar-refractivity contribution in [3.05, 3.63) is 0 Å². The summed E-state index contributed by atoms with van der Waals surface area (Å²) in [4.78, 5) is 24.9. The molecular weight excluding hydrogens is 288 g/mol. The van der Waals surface area contributed by atoms with Crippen molar-refractivity contribution in [3.63, 3.8) is 0 Å².